The Labute approximate surface area is 196 Å². The van der Waals surface area contributed by atoms with Crippen LogP contribution >= 0.6 is 0 Å². The van der Waals surface area contributed by atoms with Gasteiger partial charge in [0.1, 0.15) is 5.75 Å². The lowest BCUT2D eigenvalue weighted by Gasteiger charge is -2.22. The molecule has 0 bridgehead atoms. The number of ether oxygens (including phenoxy) is 1. The highest BCUT2D eigenvalue weighted by atomic mass is 16.6. The fraction of sp³-hybridized carbons (Fsp3) is 0.565. The van der Waals surface area contributed by atoms with Crippen LogP contribution in [0, 0.1) is 0 Å². The van der Waals surface area contributed by atoms with Gasteiger partial charge >= 0.3 is 6.09 Å². The average molecular weight is 464 g/mol. The molecule has 184 valence electrons. The highest BCUT2D eigenvalue weighted by molar-refractivity contribution is 5.88. The minimum absolute atomic E-state index is 0.0174. The minimum atomic E-state index is -0.443. The molecule has 0 spiro atoms. The number of nitrogens with two attached hydrogens (primary N) is 1. The van der Waals surface area contributed by atoms with Crippen molar-refractivity contribution in [2.24, 2.45) is 5.73 Å². The first-order valence-corrected chi connectivity index (χ1v) is 11.1. The third kappa shape index (κ3) is 12.5. The van der Waals surface area contributed by atoms with Gasteiger partial charge in [0.15, 0.2) is 0 Å². The van der Waals surface area contributed by atoms with Gasteiger partial charge in [-0.2, -0.15) is 0 Å². The summed E-state index contributed by atoms with van der Waals surface area (Å²) in [6.07, 6.45) is 2.22. The maximum Gasteiger partial charge on any atom is 0.414 e. The van der Waals surface area contributed by atoms with Crippen LogP contribution in [0.15, 0.2) is 24.3 Å². The first kappa shape index (κ1) is 27.9. The molecule has 33 heavy (non-hydrogen) atoms. The van der Waals surface area contributed by atoms with Crippen LogP contribution < -0.4 is 15.8 Å². The first-order chi connectivity index (χ1) is 15.6. The zero-order valence-corrected chi connectivity index (χ0v) is 20.1. The third-order valence-corrected chi connectivity index (χ3v) is 5.00. The highest BCUT2D eigenvalue weighted by Crippen LogP contribution is 2.16. The fourth-order valence-corrected chi connectivity index (χ4v) is 3.08. The van der Waals surface area contributed by atoms with Gasteiger partial charge in [-0.1, -0.05) is 0 Å². The second-order valence-electron chi connectivity index (χ2n) is 8.14. The van der Waals surface area contributed by atoms with Gasteiger partial charge in [-0.05, 0) is 63.7 Å². The molecule has 0 aliphatic rings. The van der Waals surface area contributed by atoms with Gasteiger partial charge in [-0.3, -0.25) is 14.4 Å². The Bertz CT molecular complexity index is 784. The van der Waals surface area contributed by atoms with Crippen molar-refractivity contribution in [2.75, 3.05) is 52.6 Å². The predicted octanol–water partition coefficient (Wildman–Crippen LogP) is 1.90. The van der Waals surface area contributed by atoms with E-state index in [1.54, 1.807) is 43.3 Å². The summed E-state index contributed by atoms with van der Waals surface area (Å²) in [6, 6.07) is 6.60. The summed E-state index contributed by atoms with van der Waals surface area (Å²) >= 11 is 0. The van der Waals surface area contributed by atoms with Crippen LogP contribution in [-0.2, 0) is 14.4 Å². The summed E-state index contributed by atoms with van der Waals surface area (Å²) in [7, 11) is 5.46. The molecule has 0 saturated carbocycles. The maximum absolute atomic E-state index is 12.2. The van der Waals surface area contributed by atoms with Crippen LogP contribution in [0.4, 0.5) is 10.5 Å². The number of anilines is 1. The Morgan fingerprint density at radius 1 is 0.848 bits per heavy atom. The molecule has 1 aromatic rings. The molecule has 0 heterocycles. The molecule has 1 rings (SSSR count). The van der Waals surface area contributed by atoms with E-state index in [0.29, 0.717) is 37.4 Å². The molecule has 0 aliphatic heterocycles. The Kier molecular flexibility index (Phi) is 12.5. The molecule has 0 aliphatic carbocycles. The van der Waals surface area contributed by atoms with Gasteiger partial charge in [-0.15, -0.1) is 0 Å². The number of primary amides is 1. The lowest BCUT2D eigenvalue weighted by atomic mass is 10.2. The summed E-state index contributed by atoms with van der Waals surface area (Å²) in [6.45, 7) is 4.25. The monoisotopic (exact) mass is 463 g/mol. The van der Waals surface area contributed by atoms with E-state index in [1.165, 1.54) is 11.8 Å². The largest absolute Gasteiger partial charge is 0.414 e. The van der Waals surface area contributed by atoms with Gasteiger partial charge in [0.05, 0.1) is 0 Å². The van der Waals surface area contributed by atoms with Crippen molar-refractivity contribution in [3.8, 4) is 5.75 Å². The molecule has 10 heteroatoms. The molecular formula is C23H37N5O5. The molecule has 0 aromatic heterocycles. The molecule has 1 aromatic carbocycles. The maximum atomic E-state index is 12.2. The van der Waals surface area contributed by atoms with E-state index < -0.39 is 6.09 Å². The van der Waals surface area contributed by atoms with Gasteiger partial charge < -0.3 is 30.5 Å². The van der Waals surface area contributed by atoms with Gasteiger partial charge in [-0.25, -0.2) is 4.79 Å². The number of nitrogens with zero attached hydrogens (tertiary/aromatic N) is 3. The van der Waals surface area contributed by atoms with Crippen molar-refractivity contribution in [1.29, 1.82) is 0 Å². The van der Waals surface area contributed by atoms with Crippen LogP contribution in [0.3, 0.4) is 0 Å². The van der Waals surface area contributed by atoms with Crippen molar-refractivity contribution in [3.05, 3.63) is 24.3 Å². The lowest BCUT2D eigenvalue weighted by Crippen LogP contribution is -2.33. The summed E-state index contributed by atoms with van der Waals surface area (Å²) in [5, 5.41) is 2.66. The molecule has 0 fully saturated rings. The summed E-state index contributed by atoms with van der Waals surface area (Å²) in [5.74, 6) is -0.125. The van der Waals surface area contributed by atoms with Crippen LogP contribution in [-0.4, -0.2) is 85.8 Å². The first-order valence-electron chi connectivity index (χ1n) is 11.1. The second-order valence-corrected chi connectivity index (χ2v) is 8.14. The normalized spacial score (nSPS) is 10.6. The SMILES string of the molecule is CC(=O)Nc1ccc(OC(=O)N(C)CCCN(C)CCCN(C)C(=O)CCCC(N)=O)cc1. The standard InChI is InChI=1S/C23H37N5O5/c1-18(29)25-19-10-12-20(13-11-19)33-23(32)28(4)17-7-15-26(2)14-6-16-27(3)22(31)9-5-8-21(24)30/h10-13H,5-9,14-17H2,1-4H3,(H2,24,30)(H,25,29). The molecule has 0 atom stereocenters. The Balaban J connectivity index is 2.21. The molecule has 4 amide bonds. The molecule has 0 saturated heterocycles. The molecule has 10 nitrogen and oxygen atoms in total. The number of hydrogen-bond donors (Lipinski definition) is 2. The quantitative estimate of drug-likeness (QED) is 0.434. The number of carbonyl (C=O) groups is 4. The van der Waals surface area contributed by atoms with Crippen molar-refractivity contribution in [1.82, 2.24) is 14.7 Å². The smallest absolute Gasteiger partial charge is 0.410 e. The van der Waals surface area contributed by atoms with Gasteiger partial charge in [0, 0.05) is 52.6 Å². The third-order valence-electron chi connectivity index (χ3n) is 5.00. The summed E-state index contributed by atoms with van der Waals surface area (Å²) in [4.78, 5) is 51.4. The number of carbonyl (C=O) groups excluding carboxylic acids is 4. The molecule has 0 radical (unpaired) electrons. The topological polar surface area (TPSA) is 125 Å². The van der Waals surface area contributed by atoms with Crippen LogP contribution in [0.5, 0.6) is 5.75 Å². The fourth-order valence-electron chi connectivity index (χ4n) is 3.08. The van der Waals surface area contributed by atoms with E-state index >= 15 is 0 Å². The van der Waals surface area contributed by atoms with Crippen LogP contribution in [0.1, 0.15) is 39.0 Å². The van der Waals surface area contributed by atoms with E-state index in [9.17, 15) is 19.2 Å². The molecule has 3 N–H and O–H groups in total. The summed E-state index contributed by atoms with van der Waals surface area (Å²) < 4.78 is 5.35. The van der Waals surface area contributed by atoms with Crippen LogP contribution in [0.2, 0.25) is 0 Å². The minimum Gasteiger partial charge on any atom is -0.410 e. The van der Waals surface area contributed by atoms with Gasteiger partial charge in [0.25, 0.3) is 0 Å². The molecular weight excluding hydrogens is 426 g/mol. The number of benzene rings is 1. The average Bonchev–Trinajstić information content (AvgIpc) is 2.74. The molecule has 0 unspecified atom stereocenters. The van der Waals surface area contributed by atoms with Crippen molar-refractivity contribution < 1.29 is 23.9 Å². The van der Waals surface area contributed by atoms with Crippen molar-refractivity contribution in [2.45, 2.75) is 39.0 Å². The second kappa shape index (κ2) is 14.8. The zero-order valence-electron chi connectivity index (χ0n) is 20.1. The lowest BCUT2D eigenvalue weighted by molar-refractivity contribution is -0.130. The van der Waals surface area contributed by atoms with E-state index in [4.69, 9.17) is 10.5 Å². The summed E-state index contributed by atoms with van der Waals surface area (Å²) in [5.41, 5.74) is 5.72. The van der Waals surface area contributed by atoms with Gasteiger partial charge in [0.2, 0.25) is 17.7 Å². The number of amides is 4. The van der Waals surface area contributed by atoms with E-state index in [0.717, 1.165) is 25.9 Å². The number of hydrogen-bond acceptors (Lipinski definition) is 6. The Hall–Kier alpha value is -3.14. The van der Waals surface area contributed by atoms with Crippen molar-refractivity contribution in [3.63, 3.8) is 0 Å². The Morgan fingerprint density at radius 2 is 1.42 bits per heavy atom. The number of rotatable bonds is 14. The number of nitrogens with one attached hydrogen (secondary N) is 1. The van der Waals surface area contributed by atoms with Crippen molar-refractivity contribution >= 4 is 29.5 Å². The van der Waals surface area contributed by atoms with Crippen LogP contribution in [0.25, 0.3) is 0 Å². The van der Waals surface area contributed by atoms with E-state index in [2.05, 4.69) is 10.2 Å². The zero-order chi connectivity index (χ0) is 24.8. The van der Waals surface area contributed by atoms with E-state index in [-0.39, 0.29) is 24.1 Å². The Morgan fingerprint density at radius 3 is 1.97 bits per heavy atom. The van der Waals surface area contributed by atoms with E-state index in [1.807, 2.05) is 7.05 Å². The highest BCUT2D eigenvalue weighted by Gasteiger charge is 2.12. The predicted molar refractivity (Wildman–Crippen MR) is 127 cm³/mol.